The third-order valence-corrected chi connectivity index (χ3v) is 0. The van der Waals surface area contributed by atoms with Crippen molar-refractivity contribution in [3.8, 4) is 0 Å². The number of amides is 2. The van der Waals surface area contributed by atoms with E-state index in [4.69, 9.17) is 9.59 Å². The molecule has 0 aromatic carbocycles. The molecule has 0 bridgehead atoms. The molecule has 0 aliphatic carbocycles. The molecule has 0 aromatic heterocycles. The zero-order valence-corrected chi connectivity index (χ0v) is 6.63. The minimum absolute atomic E-state index is 0. The first-order valence-electron chi connectivity index (χ1n) is 0.986. The van der Waals surface area contributed by atoms with Crippen LogP contribution in [0.3, 0.4) is 0 Å². The van der Waals surface area contributed by atoms with Crippen LogP contribution < -0.4 is 11.5 Å². The Balaban J connectivity index is -0.0000000400. The van der Waals surface area contributed by atoms with Crippen LogP contribution in [0.15, 0.2) is 0 Å². The van der Waals surface area contributed by atoms with Gasteiger partial charge in [0, 0.05) is 0 Å². The molecule has 1 radical (unpaired) electrons. The summed E-state index contributed by atoms with van der Waals surface area (Å²) >= 11 is 0. The van der Waals surface area contributed by atoms with E-state index in [9.17, 15) is 0 Å². The predicted molar refractivity (Wildman–Crippen MR) is 19.8 cm³/mol. The average molecular weight is 269 g/mol. The van der Waals surface area contributed by atoms with Crippen LogP contribution in [0, 0.1) is 0 Å². The van der Waals surface area contributed by atoms with E-state index in [1.54, 1.807) is 0 Å². The van der Waals surface area contributed by atoms with Crippen LogP contribution in [0.1, 0.15) is 0 Å². The van der Waals surface area contributed by atoms with E-state index in [1.807, 2.05) is 0 Å². The predicted octanol–water partition coefficient (Wildman–Crippen LogP) is -1.98. The van der Waals surface area contributed by atoms with Gasteiger partial charge in [0.05, 0.1) is 0 Å². The Hall–Kier alpha value is -0.320. The van der Waals surface area contributed by atoms with Crippen molar-refractivity contribution < 1.29 is 32.0 Å². The number of hydrogen-bond acceptors (Lipinski definition) is 2. The van der Waals surface area contributed by atoms with Crippen molar-refractivity contribution in [3.63, 3.8) is 0 Å². The van der Waals surface area contributed by atoms with E-state index < -0.39 is 0 Å². The van der Waals surface area contributed by atoms with Crippen LogP contribution in [-0.4, -0.2) is 12.8 Å². The average Bonchev–Trinajstić information content (AvgIpc) is 1.39. The van der Waals surface area contributed by atoms with Gasteiger partial charge < -0.3 is 21.1 Å². The summed E-state index contributed by atoms with van der Waals surface area (Å²) in [5.41, 5.74) is 8.08. The molecule has 4 nitrogen and oxygen atoms in total. The molecule has 5 heteroatoms. The standard InChI is InChI=1S/2CH2NO.Ta/c2*2-1-3;/h2*(H2,2,3);/q2*-1;+2. The Kier molecular flexibility index (Phi) is 100. The minimum Gasteiger partial charge on any atom is -0.543 e. The fourth-order valence-electron chi connectivity index (χ4n) is 0. The second kappa shape index (κ2) is 44.1. The molecular formula is C2H4N2O2Ta. The van der Waals surface area contributed by atoms with Crippen LogP contribution in [0.2, 0.25) is 0 Å². The van der Waals surface area contributed by atoms with Gasteiger partial charge >= 0.3 is 22.4 Å². The van der Waals surface area contributed by atoms with Gasteiger partial charge in [-0.25, -0.2) is 0 Å². The molecule has 0 fully saturated rings. The summed E-state index contributed by atoms with van der Waals surface area (Å²) in [6.45, 7) is 0. The molecule has 0 aliphatic heterocycles. The maximum Gasteiger partial charge on any atom is 2.00 e. The zero-order chi connectivity index (χ0) is 5.41. The Bertz CT molecular complexity index is 34.7. The molecule has 4 N–H and O–H groups in total. The molecule has 0 saturated carbocycles. The van der Waals surface area contributed by atoms with Crippen molar-refractivity contribution in [2.45, 2.75) is 0 Å². The van der Waals surface area contributed by atoms with Gasteiger partial charge in [0.25, 0.3) is 0 Å². The third-order valence-electron chi connectivity index (χ3n) is 0. The summed E-state index contributed by atoms with van der Waals surface area (Å²) in [6, 6.07) is 0. The van der Waals surface area contributed by atoms with Crippen molar-refractivity contribution in [2.24, 2.45) is 11.5 Å². The molecule has 0 heterocycles. The normalized spacial score (nSPS) is 3.43. The Labute approximate surface area is 56.7 Å². The minimum atomic E-state index is 0. The van der Waals surface area contributed by atoms with Crippen molar-refractivity contribution in [1.82, 2.24) is 0 Å². The van der Waals surface area contributed by atoms with Gasteiger partial charge in [-0.2, -0.15) is 12.8 Å². The first-order chi connectivity index (χ1) is 2.83. The quantitative estimate of drug-likeness (QED) is 0.394. The van der Waals surface area contributed by atoms with Crippen molar-refractivity contribution in [2.75, 3.05) is 0 Å². The molecule has 2 amide bonds. The van der Waals surface area contributed by atoms with Crippen LogP contribution in [0.4, 0.5) is 0 Å². The number of nitrogens with two attached hydrogens (primary N) is 2. The molecule has 7 heavy (non-hydrogen) atoms. The molecule has 0 aliphatic rings. The van der Waals surface area contributed by atoms with Gasteiger partial charge in [-0.3, -0.25) is 0 Å². The van der Waals surface area contributed by atoms with Gasteiger partial charge in [0.1, 0.15) is 0 Å². The van der Waals surface area contributed by atoms with E-state index >= 15 is 0 Å². The molecular weight excluding hydrogens is 265 g/mol. The van der Waals surface area contributed by atoms with Gasteiger partial charge in [-0.15, -0.1) is 0 Å². The Morgan fingerprint density at radius 2 is 1.00 bits per heavy atom. The summed E-state index contributed by atoms with van der Waals surface area (Å²) in [6.07, 6.45) is 2.00. The Morgan fingerprint density at radius 3 is 1.00 bits per heavy atom. The summed E-state index contributed by atoms with van der Waals surface area (Å²) in [4.78, 5) is 16.9. The first-order valence-corrected chi connectivity index (χ1v) is 0.986. The van der Waals surface area contributed by atoms with Crippen LogP contribution in [-0.2, 0) is 32.0 Å². The van der Waals surface area contributed by atoms with Crippen LogP contribution in [0.5, 0.6) is 0 Å². The fourth-order valence-corrected chi connectivity index (χ4v) is 0. The van der Waals surface area contributed by atoms with Gasteiger partial charge in [-0.05, 0) is 0 Å². The second-order valence-corrected chi connectivity index (χ2v) is 0.236. The molecule has 0 unspecified atom stereocenters. The van der Waals surface area contributed by atoms with E-state index in [0.717, 1.165) is 12.8 Å². The number of rotatable bonds is 0. The molecule has 0 atom stereocenters. The molecule has 39 valence electrons. The van der Waals surface area contributed by atoms with Crippen LogP contribution >= 0.6 is 0 Å². The number of hydrogen-bond donors (Lipinski definition) is 2. The maximum atomic E-state index is 8.46. The second-order valence-electron chi connectivity index (χ2n) is 0.236. The Morgan fingerprint density at radius 1 is 1.00 bits per heavy atom. The van der Waals surface area contributed by atoms with Crippen molar-refractivity contribution in [3.05, 3.63) is 0 Å². The van der Waals surface area contributed by atoms with Gasteiger partial charge in [-0.1, -0.05) is 0 Å². The van der Waals surface area contributed by atoms with Crippen molar-refractivity contribution >= 4 is 12.8 Å². The smallest absolute Gasteiger partial charge is 0.543 e. The van der Waals surface area contributed by atoms with E-state index in [0.29, 0.717) is 0 Å². The topological polar surface area (TPSA) is 86.2 Å². The largest absolute Gasteiger partial charge is 2.00 e. The SMILES string of the molecule is N[C-]=O.N[C-]=O.[Ta+2]. The monoisotopic (exact) mass is 269 g/mol. The zero-order valence-electron chi connectivity index (χ0n) is 3.42. The molecule has 0 spiro atoms. The van der Waals surface area contributed by atoms with Crippen molar-refractivity contribution in [1.29, 1.82) is 0 Å². The van der Waals surface area contributed by atoms with E-state index in [-0.39, 0.29) is 22.4 Å². The first kappa shape index (κ1) is 15.9. The summed E-state index contributed by atoms with van der Waals surface area (Å²) < 4.78 is 0. The molecule has 0 saturated heterocycles. The van der Waals surface area contributed by atoms with E-state index in [2.05, 4.69) is 11.5 Å². The fraction of sp³-hybridized carbons (Fsp3) is 0. The summed E-state index contributed by atoms with van der Waals surface area (Å²) in [5, 5.41) is 0. The third kappa shape index (κ3) is 753. The molecule has 0 rings (SSSR count). The molecule has 0 aromatic rings. The van der Waals surface area contributed by atoms with Gasteiger partial charge in [0.2, 0.25) is 0 Å². The van der Waals surface area contributed by atoms with Gasteiger partial charge in [0.15, 0.2) is 0 Å². The maximum absolute atomic E-state index is 8.46. The summed E-state index contributed by atoms with van der Waals surface area (Å²) in [5.74, 6) is 0. The number of carbonyl (C=O) groups excluding carboxylic acids is 2. The number of primary amides is 2. The summed E-state index contributed by atoms with van der Waals surface area (Å²) in [7, 11) is 0. The van der Waals surface area contributed by atoms with E-state index in [1.165, 1.54) is 0 Å². The van der Waals surface area contributed by atoms with Crippen LogP contribution in [0.25, 0.3) is 0 Å².